The van der Waals surface area contributed by atoms with Crippen molar-refractivity contribution in [1.82, 2.24) is 0 Å². The summed E-state index contributed by atoms with van der Waals surface area (Å²) in [6.07, 6.45) is 0.398. The zero-order chi connectivity index (χ0) is 23.4. The number of rotatable bonds is 7. The van der Waals surface area contributed by atoms with Gasteiger partial charge in [0.05, 0.1) is 10.9 Å². The van der Waals surface area contributed by atoms with Gasteiger partial charge in [0.25, 0.3) is 0 Å². The fourth-order valence-corrected chi connectivity index (χ4v) is 3.92. The van der Waals surface area contributed by atoms with E-state index in [-0.39, 0.29) is 5.92 Å². The molecule has 0 fully saturated rings. The standard InChI is InChI=1S/C27H22ClNO4/c1-17(2)26(19-11-12-22-23(28)16-31-24(22)14-19)27(30)33-25(15-29)18-7-6-10-21(13-18)32-20-8-4-3-5-9-20/h3-14,16-17,25-26H,1-2H3. The van der Waals surface area contributed by atoms with E-state index < -0.39 is 18.0 Å². The Kier molecular flexibility index (Phi) is 6.67. The molecule has 33 heavy (non-hydrogen) atoms. The average molecular weight is 460 g/mol. The van der Waals surface area contributed by atoms with Gasteiger partial charge in [-0.1, -0.05) is 61.8 Å². The van der Waals surface area contributed by atoms with Crippen molar-refractivity contribution in [2.45, 2.75) is 25.9 Å². The summed E-state index contributed by atoms with van der Waals surface area (Å²) in [4.78, 5) is 13.2. The van der Waals surface area contributed by atoms with Crippen LogP contribution in [0.25, 0.3) is 11.0 Å². The minimum atomic E-state index is -1.07. The second kappa shape index (κ2) is 9.81. The van der Waals surface area contributed by atoms with Gasteiger partial charge in [-0.05, 0) is 47.9 Å². The quantitative estimate of drug-likeness (QED) is 0.269. The van der Waals surface area contributed by atoms with Gasteiger partial charge in [0.1, 0.15) is 29.4 Å². The molecule has 0 aliphatic carbocycles. The smallest absolute Gasteiger partial charge is 0.315 e. The highest BCUT2D eigenvalue weighted by Gasteiger charge is 2.29. The molecule has 4 rings (SSSR count). The molecule has 3 aromatic carbocycles. The highest BCUT2D eigenvalue weighted by molar-refractivity contribution is 6.35. The van der Waals surface area contributed by atoms with Crippen molar-refractivity contribution in [2.24, 2.45) is 5.92 Å². The van der Waals surface area contributed by atoms with Crippen LogP contribution in [0.4, 0.5) is 0 Å². The summed E-state index contributed by atoms with van der Waals surface area (Å²) in [7, 11) is 0. The van der Waals surface area contributed by atoms with E-state index in [2.05, 4.69) is 6.07 Å². The molecule has 2 unspecified atom stereocenters. The molecule has 0 aliphatic heterocycles. The predicted octanol–water partition coefficient (Wildman–Crippen LogP) is 7.43. The molecule has 0 radical (unpaired) electrons. The lowest BCUT2D eigenvalue weighted by molar-refractivity contribution is -0.150. The van der Waals surface area contributed by atoms with Crippen LogP contribution in [0, 0.1) is 17.2 Å². The molecular formula is C27H22ClNO4. The third kappa shape index (κ3) is 5.02. The van der Waals surface area contributed by atoms with Crippen LogP contribution in [-0.4, -0.2) is 5.97 Å². The minimum absolute atomic E-state index is 0.0625. The van der Waals surface area contributed by atoms with Crippen molar-refractivity contribution in [3.63, 3.8) is 0 Å². The molecule has 166 valence electrons. The van der Waals surface area contributed by atoms with Crippen LogP contribution in [0.5, 0.6) is 11.5 Å². The number of hydrogen-bond acceptors (Lipinski definition) is 5. The summed E-state index contributed by atoms with van der Waals surface area (Å²) in [6, 6.07) is 23.9. The third-order valence-electron chi connectivity index (χ3n) is 5.32. The number of carbonyl (C=O) groups is 1. The van der Waals surface area contributed by atoms with Gasteiger partial charge in [-0.25, -0.2) is 0 Å². The molecule has 0 bridgehead atoms. The lowest BCUT2D eigenvalue weighted by Gasteiger charge is -2.22. The maximum atomic E-state index is 13.2. The molecule has 6 heteroatoms. The third-order valence-corrected chi connectivity index (χ3v) is 5.62. The van der Waals surface area contributed by atoms with Gasteiger partial charge in [0, 0.05) is 10.9 Å². The second-order valence-electron chi connectivity index (χ2n) is 7.99. The van der Waals surface area contributed by atoms with Crippen molar-refractivity contribution >= 4 is 28.5 Å². The molecule has 2 atom stereocenters. The van der Waals surface area contributed by atoms with Gasteiger partial charge in [0.15, 0.2) is 0 Å². The van der Waals surface area contributed by atoms with E-state index in [1.165, 1.54) is 6.26 Å². The number of para-hydroxylation sites is 1. The molecule has 0 aliphatic rings. The fraction of sp³-hybridized carbons (Fsp3) is 0.185. The Morgan fingerprint density at radius 3 is 2.45 bits per heavy atom. The van der Waals surface area contributed by atoms with Gasteiger partial charge >= 0.3 is 5.97 Å². The molecular weight excluding hydrogens is 438 g/mol. The fourth-order valence-electron chi connectivity index (χ4n) is 3.72. The zero-order valence-corrected chi connectivity index (χ0v) is 19.0. The van der Waals surface area contributed by atoms with Crippen LogP contribution in [0.1, 0.15) is 37.0 Å². The first-order valence-corrected chi connectivity index (χ1v) is 10.9. The van der Waals surface area contributed by atoms with E-state index in [1.807, 2.05) is 56.3 Å². The van der Waals surface area contributed by atoms with E-state index in [0.29, 0.717) is 27.7 Å². The van der Waals surface area contributed by atoms with E-state index in [4.69, 9.17) is 25.5 Å². The highest BCUT2D eigenvalue weighted by Crippen LogP contribution is 2.34. The van der Waals surface area contributed by atoms with Crippen LogP contribution in [0.15, 0.2) is 83.5 Å². The number of esters is 1. The first-order valence-electron chi connectivity index (χ1n) is 10.6. The summed E-state index contributed by atoms with van der Waals surface area (Å²) in [5, 5.41) is 11.0. The Hall–Kier alpha value is -3.75. The first kappa shape index (κ1) is 22.4. The monoisotopic (exact) mass is 459 g/mol. The van der Waals surface area contributed by atoms with Crippen LogP contribution >= 0.6 is 11.6 Å². The number of furan rings is 1. The summed E-state index contributed by atoms with van der Waals surface area (Å²) < 4.78 is 17.0. The summed E-state index contributed by atoms with van der Waals surface area (Å²) in [5.74, 6) is 0.109. The molecule has 4 aromatic rings. The molecule has 0 saturated heterocycles. The van der Waals surface area contributed by atoms with Crippen molar-refractivity contribution in [2.75, 3.05) is 0 Å². The number of nitrogens with zero attached hydrogens (tertiary/aromatic N) is 1. The van der Waals surface area contributed by atoms with E-state index in [9.17, 15) is 10.1 Å². The van der Waals surface area contributed by atoms with Gasteiger partial charge in [-0.2, -0.15) is 5.26 Å². The Morgan fingerprint density at radius 1 is 0.970 bits per heavy atom. The average Bonchev–Trinajstić information content (AvgIpc) is 3.18. The highest BCUT2D eigenvalue weighted by atomic mass is 35.5. The predicted molar refractivity (Wildman–Crippen MR) is 126 cm³/mol. The minimum Gasteiger partial charge on any atom is -0.463 e. The number of fused-ring (bicyclic) bond motifs is 1. The molecule has 0 spiro atoms. The topological polar surface area (TPSA) is 72.5 Å². The van der Waals surface area contributed by atoms with Crippen LogP contribution in [-0.2, 0) is 9.53 Å². The van der Waals surface area contributed by atoms with Crippen molar-refractivity contribution in [1.29, 1.82) is 5.26 Å². The van der Waals surface area contributed by atoms with Crippen LogP contribution in [0.3, 0.4) is 0 Å². The zero-order valence-electron chi connectivity index (χ0n) is 18.2. The summed E-state index contributed by atoms with van der Waals surface area (Å²) in [6.45, 7) is 3.86. The first-order chi connectivity index (χ1) is 16.0. The molecule has 0 N–H and O–H groups in total. The lowest BCUT2D eigenvalue weighted by Crippen LogP contribution is -2.22. The van der Waals surface area contributed by atoms with Crippen LogP contribution < -0.4 is 4.74 Å². The maximum absolute atomic E-state index is 13.2. The van der Waals surface area contributed by atoms with Crippen molar-refractivity contribution in [3.8, 4) is 17.6 Å². The number of hydrogen-bond donors (Lipinski definition) is 0. The maximum Gasteiger partial charge on any atom is 0.315 e. The molecule has 1 heterocycles. The van der Waals surface area contributed by atoms with E-state index in [0.717, 1.165) is 10.9 Å². The normalized spacial score (nSPS) is 12.8. The van der Waals surface area contributed by atoms with Gasteiger partial charge in [0.2, 0.25) is 6.10 Å². The van der Waals surface area contributed by atoms with Gasteiger partial charge in [-0.15, -0.1) is 0 Å². The SMILES string of the molecule is CC(C)C(C(=O)OC(C#N)c1cccc(Oc2ccccc2)c1)c1ccc2c(Cl)coc2c1. The Balaban J connectivity index is 1.55. The van der Waals surface area contributed by atoms with E-state index in [1.54, 1.807) is 30.3 Å². The lowest BCUT2D eigenvalue weighted by atomic mass is 9.88. The molecule has 5 nitrogen and oxygen atoms in total. The molecule has 1 aromatic heterocycles. The molecule has 0 amide bonds. The Morgan fingerprint density at radius 2 is 1.73 bits per heavy atom. The summed E-state index contributed by atoms with van der Waals surface area (Å²) >= 11 is 6.12. The summed E-state index contributed by atoms with van der Waals surface area (Å²) in [5.41, 5.74) is 1.87. The number of benzene rings is 3. The Labute approximate surface area is 197 Å². The number of ether oxygens (including phenoxy) is 2. The van der Waals surface area contributed by atoms with Crippen LogP contribution in [0.2, 0.25) is 5.02 Å². The second-order valence-corrected chi connectivity index (χ2v) is 8.40. The number of halogens is 1. The Bertz CT molecular complexity index is 1310. The van der Waals surface area contributed by atoms with Gasteiger partial charge < -0.3 is 13.9 Å². The molecule has 0 saturated carbocycles. The van der Waals surface area contributed by atoms with Gasteiger partial charge in [-0.3, -0.25) is 4.79 Å². The van der Waals surface area contributed by atoms with E-state index >= 15 is 0 Å². The number of carbonyl (C=O) groups excluding carboxylic acids is 1. The van der Waals surface area contributed by atoms with Crippen molar-refractivity contribution < 1.29 is 18.7 Å². The van der Waals surface area contributed by atoms with Crippen molar-refractivity contribution in [3.05, 3.63) is 95.2 Å². The number of nitriles is 1. The largest absolute Gasteiger partial charge is 0.463 e.